The molecule has 3 nitrogen and oxygen atoms in total. The molecule has 6 heteroatoms. The molecule has 0 rings (SSSR count). The van der Waals surface area contributed by atoms with E-state index in [1.807, 2.05) is 0 Å². The summed E-state index contributed by atoms with van der Waals surface area (Å²) in [5, 5.41) is 0. The van der Waals surface area contributed by atoms with Crippen LogP contribution in [0.4, 0.5) is 13.2 Å². The average Bonchev–Trinajstić information content (AvgIpc) is 2.04. The summed E-state index contributed by atoms with van der Waals surface area (Å²) in [5.74, 6) is -1.82. The molecule has 0 aromatic rings. The monoisotopic (exact) mass is 198 g/mol. The van der Waals surface area contributed by atoms with E-state index in [1.165, 1.54) is 6.92 Å². The Morgan fingerprint density at radius 3 is 2.38 bits per heavy atom. The average molecular weight is 198 g/mol. The van der Waals surface area contributed by atoms with Crippen LogP contribution in [0.1, 0.15) is 6.92 Å². The van der Waals surface area contributed by atoms with Crippen LogP contribution in [0.5, 0.6) is 0 Å². The zero-order valence-electron chi connectivity index (χ0n) is 6.93. The smallest absolute Gasteiger partial charge is 0.373 e. The van der Waals surface area contributed by atoms with E-state index in [9.17, 15) is 18.0 Å². The van der Waals surface area contributed by atoms with Crippen LogP contribution in [0.15, 0.2) is 12.3 Å². The maximum absolute atomic E-state index is 12.1. The van der Waals surface area contributed by atoms with Gasteiger partial charge in [0, 0.05) is 0 Å². The van der Waals surface area contributed by atoms with Crippen LogP contribution in [0, 0.1) is 0 Å². The predicted molar refractivity (Wildman–Crippen MR) is 37.8 cm³/mol. The van der Waals surface area contributed by atoms with Crippen molar-refractivity contribution >= 4 is 5.97 Å². The van der Waals surface area contributed by atoms with Crippen molar-refractivity contribution in [2.45, 2.75) is 19.7 Å². The Kier molecular flexibility index (Phi) is 4.94. The van der Waals surface area contributed by atoms with Gasteiger partial charge in [-0.25, -0.2) is 13.6 Å². The second kappa shape index (κ2) is 5.45. The van der Waals surface area contributed by atoms with E-state index in [2.05, 4.69) is 16.1 Å². The summed E-state index contributed by atoms with van der Waals surface area (Å²) < 4.78 is 43.4. The molecule has 0 aromatic heterocycles. The molecular formula is C7H9F3O3. The van der Waals surface area contributed by atoms with Gasteiger partial charge in [0.15, 0.2) is 0 Å². The third-order valence-electron chi connectivity index (χ3n) is 0.956. The number of hydrogen-bond acceptors (Lipinski definition) is 3. The van der Waals surface area contributed by atoms with Crippen molar-refractivity contribution in [3.63, 3.8) is 0 Å². The molecule has 13 heavy (non-hydrogen) atoms. The normalized spacial score (nSPS) is 12.4. The lowest BCUT2D eigenvalue weighted by Gasteiger charge is -2.10. The molecule has 0 bridgehead atoms. The van der Waals surface area contributed by atoms with Gasteiger partial charge in [-0.05, 0) is 13.5 Å². The van der Waals surface area contributed by atoms with Crippen molar-refractivity contribution in [3.8, 4) is 0 Å². The Labute approximate surface area is 73.1 Å². The van der Waals surface area contributed by atoms with Gasteiger partial charge in [0.2, 0.25) is 5.76 Å². The summed E-state index contributed by atoms with van der Waals surface area (Å²) in [6.07, 6.45) is -6.16. The van der Waals surface area contributed by atoms with E-state index >= 15 is 0 Å². The van der Waals surface area contributed by atoms with Crippen molar-refractivity contribution in [2.24, 2.45) is 0 Å². The van der Waals surface area contributed by atoms with Crippen LogP contribution >= 0.6 is 0 Å². The van der Waals surface area contributed by atoms with Gasteiger partial charge in [0.05, 0.1) is 6.61 Å². The molecule has 0 aromatic carbocycles. The van der Waals surface area contributed by atoms with Gasteiger partial charge in [-0.2, -0.15) is 4.39 Å². The first-order valence-electron chi connectivity index (χ1n) is 3.44. The summed E-state index contributed by atoms with van der Waals surface area (Å²) >= 11 is 0. The zero-order valence-corrected chi connectivity index (χ0v) is 6.93. The number of alkyl halides is 3. The van der Waals surface area contributed by atoms with E-state index in [4.69, 9.17) is 0 Å². The lowest BCUT2D eigenvalue weighted by molar-refractivity contribution is -0.152. The molecule has 0 aliphatic carbocycles. The second-order valence-corrected chi connectivity index (χ2v) is 1.95. The molecule has 0 saturated carbocycles. The summed E-state index contributed by atoms with van der Waals surface area (Å²) in [4.78, 5) is 10.6. The fourth-order valence-electron chi connectivity index (χ4n) is 0.447. The third kappa shape index (κ3) is 4.39. The number of ether oxygens (including phenoxy) is 2. The van der Waals surface area contributed by atoms with Crippen molar-refractivity contribution in [1.29, 1.82) is 0 Å². The fourth-order valence-corrected chi connectivity index (χ4v) is 0.447. The zero-order chi connectivity index (χ0) is 10.4. The second-order valence-electron chi connectivity index (χ2n) is 1.95. The lowest BCUT2D eigenvalue weighted by Crippen LogP contribution is -2.20. The highest BCUT2D eigenvalue weighted by Crippen LogP contribution is 2.11. The molecule has 1 atom stereocenters. The molecule has 1 unspecified atom stereocenters. The topological polar surface area (TPSA) is 35.5 Å². The van der Waals surface area contributed by atoms with Crippen LogP contribution in [0.3, 0.4) is 0 Å². The van der Waals surface area contributed by atoms with Gasteiger partial charge in [-0.3, -0.25) is 0 Å². The molecule has 0 aliphatic rings. The number of halogens is 3. The fraction of sp³-hybridized carbons (Fsp3) is 0.571. The van der Waals surface area contributed by atoms with Crippen molar-refractivity contribution < 1.29 is 27.4 Å². The van der Waals surface area contributed by atoms with Gasteiger partial charge in [0.1, 0.15) is 0 Å². The van der Waals surface area contributed by atoms with E-state index in [-0.39, 0.29) is 6.61 Å². The number of carbonyl (C=O) groups is 1. The van der Waals surface area contributed by atoms with Crippen molar-refractivity contribution in [2.75, 3.05) is 6.61 Å². The molecule has 0 heterocycles. The summed E-state index contributed by atoms with van der Waals surface area (Å²) in [6.45, 7) is 4.47. The van der Waals surface area contributed by atoms with Gasteiger partial charge in [-0.15, -0.1) is 0 Å². The Hall–Kier alpha value is -1.20. The maximum atomic E-state index is 12.1. The molecule has 76 valence electrons. The van der Waals surface area contributed by atoms with Gasteiger partial charge < -0.3 is 9.47 Å². The maximum Gasteiger partial charge on any atom is 0.373 e. The highest BCUT2D eigenvalue weighted by Gasteiger charge is 2.24. The van der Waals surface area contributed by atoms with Gasteiger partial charge in [0.25, 0.3) is 6.36 Å². The highest BCUT2D eigenvalue weighted by molar-refractivity contribution is 5.85. The number of hydrogen-bond donors (Lipinski definition) is 0. The van der Waals surface area contributed by atoms with Crippen LogP contribution in [0.2, 0.25) is 0 Å². The molecule has 0 fully saturated rings. The van der Waals surface area contributed by atoms with E-state index in [0.717, 1.165) is 0 Å². The van der Waals surface area contributed by atoms with Crippen molar-refractivity contribution in [3.05, 3.63) is 12.3 Å². The first-order chi connectivity index (χ1) is 5.99. The number of esters is 1. The molecule has 0 saturated heterocycles. The van der Waals surface area contributed by atoms with Crippen molar-refractivity contribution in [1.82, 2.24) is 0 Å². The summed E-state index contributed by atoms with van der Waals surface area (Å²) in [6, 6.07) is 0. The lowest BCUT2D eigenvalue weighted by atomic mass is 10.5. The highest BCUT2D eigenvalue weighted by atomic mass is 19.3. The molecular weight excluding hydrogens is 189 g/mol. The minimum Gasteiger partial charge on any atom is -0.460 e. The molecule has 0 amide bonds. The third-order valence-corrected chi connectivity index (χ3v) is 0.956. The summed E-state index contributed by atoms with van der Waals surface area (Å²) in [7, 11) is 0. The Morgan fingerprint density at radius 2 is 2.00 bits per heavy atom. The first-order valence-corrected chi connectivity index (χ1v) is 3.44. The van der Waals surface area contributed by atoms with E-state index in [0.29, 0.717) is 0 Å². The molecule has 0 N–H and O–H groups in total. The predicted octanol–water partition coefficient (Wildman–Crippen LogP) is 1.64. The Balaban J connectivity index is 3.93. The van der Waals surface area contributed by atoms with Crippen LogP contribution < -0.4 is 0 Å². The van der Waals surface area contributed by atoms with Gasteiger partial charge in [-0.1, -0.05) is 0 Å². The number of rotatable bonds is 5. The first kappa shape index (κ1) is 11.8. The standard InChI is InChI=1S/C7H9F3O3/c1-3-12-7(11)4(2)13-6(10)5(8)9/h5-6H,2-3H2,1H3. The minimum atomic E-state index is -3.31. The largest absolute Gasteiger partial charge is 0.460 e. The Bertz CT molecular complexity index is 193. The van der Waals surface area contributed by atoms with Crippen LogP contribution in [-0.4, -0.2) is 25.4 Å². The summed E-state index contributed by atoms with van der Waals surface area (Å²) in [5.41, 5.74) is 0. The SMILES string of the molecule is C=C(OC(F)C(F)F)C(=O)OCC. The molecule has 0 spiro atoms. The van der Waals surface area contributed by atoms with E-state index < -0.39 is 24.5 Å². The van der Waals surface area contributed by atoms with Gasteiger partial charge >= 0.3 is 12.4 Å². The number of carbonyl (C=O) groups excluding carboxylic acids is 1. The van der Waals surface area contributed by atoms with Crippen LogP contribution in [-0.2, 0) is 14.3 Å². The molecule has 0 aliphatic heterocycles. The quantitative estimate of drug-likeness (QED) is 0.382. The minimum absolute atomic E-state index is 0.0346. The Morgan fingerprint density at radius 1 is 1.46 bits per heavy atom. The molecule has 0 radical (unpaired) electrons. The van der Waals surface area contributed by atoms with Crippen LogP contribution in [0.25, 0.3) is 0 Å². The van der Waals surface area contributed by atoms with E-state index in [1.54, 1.807) is 0 Å².